The minimum absolute atomic E-state index is 0.863. The summed E-state index contributed by atoms with van der Waals surface area (Å²) in [6, 6.07) is 14.4. The van der Waals surface area contributed by atoms with Crippen molar-refractivity contribution in [1.82, 2.24) is 0 Å². The molecule has 0 atom stereocenters. The molecular weight excluding hydrogens is 246 g/mol. The lowest BCUT2D eigenvalue weighted by molar-refractivity contribution is 0.602. The maximum Gasteiger partial charge on any atom is 0.135 e. The summed E-state index contributed by atoms with van der Waals surface area (Å²) in [5, 5.41) is 1.99. The number of aryl methyl sites for hydroxylation is 3. The van der Waals surface area contributed by atoms with Crippen LogP contribution in [0.25, 0.3) is 11.0 Å². The molecule has 3 aromatic rings. The van der Waals surface area contributed by atoms with Crippen molar-refractivity contribution in [3.8, 4) is 0 Å². The summed E-state index contributed by atoms with van der Waals surface area (Å²) in [6.45, 7) is 6.26. The summed E-state index contributed by atoms with van der Waals surface area (Å²) in [6.07, 6.45) is 1.69. The largest absolute Gasteiger partial charge is 0.464 e. The van der Waals surface area contributed by atoms with Crippen molar-refractivity contribution in [3.05, 3.63) is 70.8 Å². The van der Waals surface area contributed by atoms with Crippen LogP contribution in [0.5, 0.6) is 0 Å². The van der Waals surface area contributed by atoms with Gasteiger partial charge in [-0.05, 0) is 50.6 Å². The number of hydrogen-bond acceptors (Lipinski definition) is 2. The van der Waals surface area contributed by atoms with Crippen LogP contribution in [0.3, 0.4) is 0 Å². The Kier molecular flexibility index (Phi) is 3.15. The standard InChI is InChI=1S/C18H17NO/c1-12-4-6-16(14(3)10-12)19-17-8-9-20-18-7-5-13(2)11-15(17)18/h4-11H,1-3H3. The second-order valence-electron chi connectivity index (χ2n) is 5.21. The van der Waals surface area contributed by atoms with Crippen LogP contribution in [0, 0.1) is 20.8 Å². The van der Waals surface area contributed by atoms with Crippen LogP contribution in [-0.4, -0.2) is 0 Å². The molecule has 3 rings (SSSR count). The Morgan fingerprint density at radius 2 is 1.60 bits per heavy atom. The second kappa shape index (κ2) is 4.97. The predicted octanol–water partition coefficient (Wildman–Crippen LogP) is 4.59. The molecule has 2 aromatic carbocycles. The molecule has 0 fully saturated rings. The fraction of sp³-hybridized carbons (Fsp3) is 0.167. The normalized spacial score (nSPS) is 12.1. The van der Waals surface area contributed by atoms with Gasteiger partial charge in [-0.15, -0.1) is 0 Å². The summed E-state index contributed by atoms with van der Waals surface area (Å²) in [4.78, 5) is 4.79. The molecule has 2 heteroatoms. The van der Waals surface area contributed by atoms with Crippen LogP contribution in [0.1, 0.15) is 16.7 Å². The van der Waals surface area contributed by atoms with Crippen molar-refractivity contribution in [2.75, 3.05) is 0 Å². The first-order valence-corrected chi connectivity index (χ1v) is 6.74. The SMILES string of the molecule is Cc1ccc(N=c2ccoc3ccc(C)cc23)c(C)c1. The van der Waals surface area contributed by atoms with E-state index in [1.807, 2.05) is 18.2 Å². The first-order valence-electron chi connectivity index (χ1n) is 6.74. The fourth-order valence-electron chi connectivity index (χ4n) is 2.37. The van der Waals surface area contributed by atoms with E-state index in [-0.39, 0.29) is 0 Å². The van der Waals surface area contributed by atoms with E-state index in [0.717, 1.165) is 22.0 Å². The molecule has 1 heterocycles. The Bertz CT molecular complexity index is 843. The third-order valence-corrected chi connectivity index (χ3v) is 3.43. The van der Waals surface area contributed by atoms with Crippen LogP contribution < -0.4 is 5.36 Å². The smallest absolute Gasteiger partial charge is 0.135 e. The number of rotatable bonds is 1. The van der Waals surface area contributed by atoms with E-state index in [2.05, 4.69) is 45.0 Å². The highest BCUT2D eigenvalue weighted by Gasteiger charge is 2.00. The van der Waals surface area contributed by atoms with Crippen LogP contribution in [0.4, 0.5) is 5.69 Å². The third kappa shape index (κ3) is 2.37. The van der Waals surface area contributed by atoms with E-state index in [9.17, 15) is 0 Å². The van der Waals surface area contributed by atoms with Gasteiger partial charge in [0.05, 0.1) is 17.3 Å². The molecule has 0 aliphatic heterocycles. The lowest BCUT2D eigenvalue weighted by Gasteiger charge is -2.03. The van der Waals surface area contributed by atoms with Gasteiger partial charge in [0, 0.05) is 5.39 Å². The summed E-state index contributed by atoms with van der Waals surface area (Å²) in [5.74, 6) is 0. The third-order valence-electron chi connectivity index (χ3n) is 3.43. The minimum atomic E-state index is 0.863. The van der Waals surface area contributed by atoms with Gasteiger partial charge < -0.3 is 4.42 Å². The van der Waals surface area contributed by atoms with Gasteiger partial charge in [-0.2, -0.15) is 0 Å². The van der Waals surface area contributed by atoms with Crippen LogP contribution in [0.2, 0.25) is 0 Å². The average Bonchev–Trinajstić information content (AvgIpc) is 2.42. The lowest BCUT2D eigenvalue weighted by atomic mass is 10.1. The molecule has 0 unspecified atom stereocenters. The Morgan fingerprint density at radius 3 is 2.40 bits per heavy atom. The highest BCUT2D eigenvalue weighted by molar-refractivity contribution is 5.77. The first kappa shape index (κ1) is 12.7. The maximum atomic E-state index is 5.53. The van der Waals surface area contributed by atoms with Gasteiger partial charge in [-0.1, -0.05) is 29.3 Å². The summed E-state index contributed by atoms with van der Waals surface area (Å²) in [7, 11) is 0. The molecule has 0 radical (unpaired) electrons. The van der Waals surface area contributed by atoms with Crippen molar-refractivity contribution in [1.29, 1.82) is 0 Å². The number of fused-ring (bicyclic) bond motifs is 1. The molecule has 0 spiro atoms. The van der Waals surface area contributed by atoms with E-state index in [1.165, 1.54) is 16.7 Å². The molecular formula is C18H17NO. The van der Waals surface area contributed by atoms with Gasteiger partial charge in [0.2, 0.25) is 0 Å². The van der Waals surface area contributed by atoms with E-state index >= 15 is 0 Å². The van der Waals surface area contributed by atoms with Crippen LogP contribution in [0.15, 0.2) is 58.1 Å². The Labute approximate surface area is 118 Å². The molecule has 0 saturated carbocycles. The summed E-state index contributed by atoms with van der Waals surface area (Å²) in [5.41, 5.74) is 5.51. The molecule has 0 amide bonds. The zero-order valence-electron chi connectivity index (χ0n) is 12.0. The van der Waals surface area contributed by atoms with Crippen molar-refractivity contribution in [3.63, 3.8) is 0 Å². The van der Waals surface area contributed by atoms with Crippen LogP contribution >= 0.6 is 0 Å². The topological polar surface area (TPSA) is 25.5 Å². The number of hydrogen-bond donors (Lipinski definition) is 0. The summed E-state index contributed by atoms with van der Waals surface area (Å²) < 4.78 is 5.53. The molecule has 100 valence electrons. The van der Waals surface area contributed by atoms with Crippen molar-refractivity contribution in [2.45, 2.75) is 20.8 Å². The molecule has 20 heavy (non-hydrogen) atoms. The van der Waals surface area contributed by atoms with Crippen molar-refractivity contribution in [2.24, 2.45) is 4.99 Å². The molecule has 0 aliphatic rings. The van der Waals surface area contributed by atoms with E-state index in [1.54, 1.807) is 6.26 Å². The molecule has 0 bridgehead atoms. The predicted molar refractivity (Wildman–Crippen MR) is 82.1 cm³/mol. The summed E-state index contributed by atoms with van der Waals surface area (Å²) >= 11 is 0. The van der Waals surface area contributed by atoms with E-state index in [4.69, 9.17) is 9.41 Å². The van der Waals surface area contributed by atoms with Gasteiger partial charge in [-0.3, -0.25) is 0 Å². The molecule has 0 saturated heterocycles. The highest BCUT2D eigenvalue weighted by atomic mass is 16.3. The van der Waals surface area contributed by atoms with Crippen LogP contribution in [-0.2, 0) is 0 Å². The Balaban J connectivity index is 2.28. The van der Waals surface area contributed by atoms with E-state index in [0.29, 0.717) is 0 Å². The van der Waals surface area contributed by atoms with Crippen molar-refractivity contribution < 1.29 is 4.42 Å². The number of benzene rings is 2. The monoisotopic (exact) mass is 263 g/mol. The Morgan fingerprint density at radius 1 is 0.850 bits per heavy atom. The lowest BCUT2D eigenvalue weighted by Crippen LogP contribution is -2.01. The van der Waals surface area contributed by atoms with Gasteiger partial charge in [-0.25, -0.2) is 4.99 Å². The highest BCUT2D eigenvalue weighted by Crippen LogP contribution is 2.19. The second-order valence-corrected chi connectivity index (χ2v) is 5.21. The quantitative estimate of drug-likeness (QED) is 0.630. The zero-order chi connectivity index (χ0) is 14.1. The average molecular weight is 263 g/mol. The molecule has 2 nitrogen and oxygen atoms in total. The number of nitrogens with zero attached hydrogens (tertiary/aromatic N) is 1. The van der Waals surface area contributed by atoms with Gasteiger partial charge in [0.15, 0.2) is 0 Å². The molecule has 0 N–H and O–H groups in total. The molecule has 0 aliphatic carbocycles. The maximum absolute atomic E-state index is 5.53. The van der Waals surface area contributed by atoms with Gasteiger partial charge in [0.1, 0.15) is 5.58 Å². The first-order chi connectivity index (χ1) is 9.63. The Hall–Kier alpha value is -2.35. The molecule has 1 aromatic heterocycles. The van der Waals surface area contributed by atoms with E-state index < -0.39 is 0 Å². The zero-order valence-corrected chi connectivity index (χ0v) is 12.0. The van der Waals surface area contributed by atoms with Gasteiger partial charge in [0.25, 0.3) is 0 Å². The fourth-order valence-corrected chi connectivity index (χ4v) is 2.37. The van der Waals surface area contributed by atoms with Crippen molar-refractivity contribution >= 4 is 16.7 Å². The van der Waals surface area contributed by atoms with Gasteiger partial charge >= 0.3 is 0 Å². The minimum Gasteiger partial charge on any atom is -0.464 e.